The van der Waals surface area contributed by atoms with Crippen molar-refractivity contribution in [1.82, 2.24) is 25.4 Å². The molecule has 0 saturated heterocycles. The van der Waals surface area contributed by atoms with E-state index in [9.17, 15) is 0 Å². The molecule has 2 aromatic heterocycles. The van der Waals surface area contributed by atoms with E-state index in [-0.39, 0.29) is 0 Å². The summed E-state index contributed by atoms with van der Waals surface area (Å²) in [5.74, 6) is 0.510. The van der Waals surface area contributed by atoms with Crippen LogP contribution in [0.2, 0.25) is 5.02 Å². The number of anilines is 1. The van der Waals surface area contributed by atoms with E-state index in [1.165, 1.54) is 5.56 Å². The second-order valence-electron chi connectivity index (χ2n) is 5.26. The molecule has 6 nitrogen and oxygen atoms in total. The highest BCUT2D eigenvalue weighted by atomic mass is 35.5. The average molecular weight is 329 g/mol. The van der Waals surface area contributed by atoms with Gasteiger partial charge >= 0.3 is 0 Å². The summed E-state index contributed by atoms with van der Waals surface area (Å²) >= 11 is 5.90. The van der Waals surface area contributed by atoms with E-state index in [1.54, 1.807) is 6.20 Å². The van der Waals surface area contributed by atoms with Crippen molar-refractivity contribution in [3.05, 3.63) is 52.4 Å². The van der Waals surface area contributed by atoms with E-state index in [0.717, 1.165) is 29.1 Å². The van der Waals surface area contributed by atoms with E-state index < -0.39 is 0 Å². The predicted octanol–water partition coefficient (Wildman–Crippen LogP) is 3.19. The fourth-order valence-corrected chi connectivity index (χ4v) is 2.51. The van der Waals surface area contributed by atoms with Crippen LogP contribution in [0.1, 0.15) is 17.0 Å². The Morgan fingerprint density at radius 1 is 1.17 bits per heavy atom. The summed E-state index contributed by atoms with van der Waals surface area (Å²) in [7, 11) is 0. The number of H-pyrrole nitrogens is 1. The van der Waals surface area contributed by atoms with Crippen molar-refractivity contribution < 1.29 is 0 Å². The van der Waals surface area contributed by atoms with Crippen molar-refractivity contribution in [3.8, 4) is 11.3 Å². The van der Waals surface area contributed by atoms with Gasteiger partial charge in [-0.2, -0.15) is 10.2 Å². The van der Waals surface area contributed by atoms with Crippen LogP contribution in [0.15, 0.2) is 30.5 Å². The highest BCUT2D eigenvalue weighted by Gasteiger charge is 2.07. The number of rotatable bonds is 5. The normalized spacial score (nSPS) is 10.7. The fraction of sp³-hybridized carbons (Fsp3) is 0.250. The first-order valence-corrected chi connectivity index (χ1v) is 7.71. The fourth-order valence-electron chi connectivity index (χ4n) is 2.38. The zero-order chi connectivity index (χ0) is 16.2. The topological polar surface area (TPSA) is 79.4 Å². The molecule has 7 heteroatoms. The highest BCUT2D eigenvalue weighted by molar-refractivity contribution is 6.30. The summed E-state index contributed by atoms with van der Waals surface area (Å²) in [4.78, 5) is 4.49. The quantitative estimate of drug-likeness (QED) is 0.752. The van der Waals surface area contributed by atoms with E-state index >= 15 is 0 Å². The number of benzene rings is 1. The molecule has 3 rings (SSSR count). The predicted molar refractivity (Wildman–Crippen MR) is 90.5 cm³/mol. The van der Waals surface area contributed by atoms with Crippen LogP contribution in [0.5, 0.6) is 0 Å². The smallest absolute Gasteiger partial charge is 0.243 e. The van der Waals surface area contributed by atoms with Gasteiger partial charge in [0.2, 0.25) is 5.95 Å². The minimum Gasteiger partial charge on any atom is -0.353 e. The number of hydrogen-bond acceptors (Lipinski definition) is 5. The molecule has 0 amide bonds. The number of hydrogen-bond donors (Lipinski definition) is 2. The minimum atomic E-state index is 0.510. The van der Waals surface area contributed by atoms with Crippen molar-refractivity contribution >= 4 is 17.5 Å². The number of aryl methyl sites for hydroxylation is 2. The molecule has 0 unspecified atom stereocenters. The molecule has 0 spiro atoms. The van der Waals surface area contributed by atoms with Gasteiger partial charge in [0.05, 0.1) is 17.6 Å². The molecule has 1 aromatic carbocycles. The van der Waals surface area contributed by atoms with Crippen molar-refractivity contribution in [2.24, 2.45) is 0 Å². The van der Waals surface area contributed by atoms with Crippen molar-refractivity contribution in [2.45, 2.75) is 20.3 Å². The molecule has 0 aliphatic carbocycles. The van der Waals surface area contributed by atoms with Crippen LogP contribution in [0.3, 0.4) is 0 Å². The third kappa shape index (κ3) is 3.65. The molecule has 0 fully saturated rings. The lowest BCUT2D eigenvalue weighted by Gasteiger charge is -2.06. The molecule has 118 valence electrons. The van der Waals surface area contributed by atoms with Crippen molar-refractivity contribution in [1.29, 1.82) is 0 Å². The molecule has 2 N–H and O–H groups in total. The van der Waals surface area contributed by atoms with Gasteiger partial charge in [0.25, 0.3) is 0 Å². The maximum absolute atomic E-state index is 5.90. The van der Waals surface area contributed by atoms with Crippen LogP contribution in [0.4, 0.5) is 5.95 Å². The van der Waals surface area contributed by atoms with E-state index in [2.05, 4.69) is 30.7 Å². The van der Waals surface area contributed by atoms with Gasteiger partial charge in [-0.25, -0.2) is 4.98 Å². The van der Waals surface area contributed by atoms with Gasteiger partial charge in [-0.3, -0.25) is 5.10 Å². The summed E-state index contributed by atoms with van der Waals surface area (Å²) in [6.07, 6.45) is 2.49. The minimum absolute atomic E-state index is 0.510. The van der Waals surface area contributed by atoms with Gasteiger partial charge in [-0.05, 0) is 38.0 Å². The molecule has 0 bridgehead atoms. The largest absolute Gasteiger partial charge is 0.353 e. The Bertz CT molecular complexity index is 777. The zero-order valence-corrected chi connectivity index (χ0v) is 13.7. The van der Waals surface area contributed by atoms with Gasteiger partial charge < -0.3 is 5.32 Å². The SMILES string of the molecule is Cc1n[nH]c(C)c1CCNc1nncc(-c2ccc(Cl)cc2)n1. The molecule has 0 aliphatic heterocycles. The Hall–Kier alpha value is -2.47. The maximum Gasteiger partial charge on any atom is 0.243 e. The van der Waals surface area contributed by atoms with Gasteiger partial charge in [0.1, 0.15) is 0 Å². The monoisotopic (exact) mass is 328 g/mol. The number of aromatic nitrogens is 5. The zero-order valence-electron chi connectivity index (χ0n) is 13.0. The molecule has 0 radical (unpaired) electrons. The third-order valence-corrected chi connectivity index (χ3v) is 3.89. The van der Waals surface area contributed by atoms with Crippen LogP contribution < -0.4 is 5.32 Å². The third-order valence-electron chi connectivity index (χ3n) is 3.64. The molecular weight excluding hydrogens is 312 g/mol. The average Bonchev–Trinajstić information content (AvgIpc) is 2.88. The van der Waals surface area contributed by atoms with Crippen molar-refractivity contribution in [2.75, 3.05) is 11.9 Å². The molecule has 0 saturated carbocycles. The Balaban J connectivity index is 1.67. The molecule has 0 aliphatic rings. The maximum atomic E-state index is 5.90. The summed E-state index contributed by atoms with van der Waals surface area (Å²) in [5.41, 5.74) is 5.06. The Labute approximate surface area is 139 Å². The Morgan fingerprint density at radius 3 is 2.65 bits per heavy atom. The standard InChI is InChI=1S/C16H17ClN6/c1-10-14(11(2)22-21-10)7-8-18-16-20-15(9-19-23-16)12-3-5-13(17)6-4-12/h3-6,9H,7-8H2,1-2H3,(H,21,22)(H,18,20,23). The van der Waals surface area contributed by atoms with E-state index in [0.29, 0.717) is 17.5 Å². The first-order chi connectivity index (χ1) is 11.1. The van der Waals surface area contributed by atoms with Crippen LogP contribution in [-0.4, -0.2) is 31.9 Å². The number of halogens is 1. The Morgan fingerprint density at radius 2 is 1.96 bits per heavy atom. The van der Waals surface area contributed by atoms with Crippen LogP contribution in [0, 0.1) is 13.8 Å². The lowest BCUT2D eigenvalue weighted by atomic mass is 10.1. The number of aromatic amines is 1. The first-order valence-electron chi connectivity index (χ1n) is 7.33. The summed E-state index contributed by atoms with van der Waals surface area (Å²) in [5, 5.41) is 19.1. The van der Waals surface area contributed by atoms with E-state index in [1.807, 2.05) is 38.1 Å². The number of nitrogens with one attached hydrogen (secondary N) is 2. The summed E-state index contributed by atoms with van der Waals surface area (Å²) in [6.45, 7) is 4.74. The van der Waals surface area contributed by atoms with Crippen LogP contribution >= 0.6 is 11.6 Å². The van der Waals surface area contributed by atoms with Gasteiger partial charge in [-0.1, -0.05) is 23.7 Å². The van der Waals surface area contributed by atoms with Crippen molar-refractivity contribution in [3.63, 3.8) is 0 Å². The van der Waals surface area contributed by atoms with Crippen LogP contribution in [0.25, 0.3) is 11.3 Å². The van der Waals surface area contributed by atoms with Crippen LogP contribution in [-0.2, 0) is 6.42 Å². The molecule has 3 aromatic rings. The van der Waals surface area contributed by atoms with Gasteiger partial charge in [-0.15, -0.1) is 5.10 Å². The first kappa shape index (κ1) is 15.4. The van der Waals surface area contributed by atoms with Gasteiger partial charge in [0, 0.05) is 22.8 Å². The lowest BCUT2D eigenvalue weighted by Crippen LogP contribution is -2.09. The molecular formula is C16H17ClN6. The second-order valence-corrected chi connectivity index (χ2v) is 5.70. The molecule has 0 atom stereocenters. The summed E-state index contributed by atoms with van der Waals surface area (Å²) < 4.78 is 0. The molecule has 23 heavy (non-hydrogen) atoms. The highest BCUT2D eigenvalue weighted by Crippen LogP contribution is 2.19. The molecule has 2 heterocycles. The summed E-state index contributed by atoms with van der Waals surface area (Å²) in [6, 6.07) is 7.48. The van der Waals surface area contributed by atoms with E-state index in [4.69, 9.17) is 11.6 Å². The second kappa shape index (κ2) is 6.75. The number of nitrogens with zero attached hydrogens (tertiary/aromatic N) is 4. The van der Waals surface area contributed by atoms with Gasteiger partial charge in [0.15, 0.2) is 0 Å². The lowest BCUT2D eigenvalue weighted by molar-refractivity contribution is 0.922. The Kier molecular flexibility index (Phi) is 4.52.